The van der Waals surface area contributed by atoms with Crippen LogP contribution in [0.1, 0.15) is 30.4 Å². The van der Waals surface area contributed by atoms with Crippen LogP contribution in [0.2, 0.25) is 0 Å². The summed E-state index contributed by atoms with van der Waals surface area (Å²) < 4.78 is 12.0. The summed E-state index contributed by atoms with van der Waals surface area (Å²) >= 11 is 0. The molecule has 1 spiro atoms. The highest BCUT2D eigenvalue weighted by Gasteiger charge is 2.66. The van der Waals surface area contributed by atoms with Crippen LogP contribution >= 0.6 is 24.8 Å². The normalized spacial score (nSPS) is 33.3. The number of benzene rings is 1. The van der Waals surface area contributed by atoms with E-state index in [0.29, 0.717) is 23.5 Å². The minimum Gasteiger partial charge on any atom is -0.504 e. The van der Waals surface area contributed by atoms with E-state index < -0.39 is 18.6 Å². The van der Waals surface area contributed by atoms with Crippen molar-refractivity contribution in [1.82, 2.24) is 10.2 Å². The van der Waals surface area contributed by atoms with E-state index in [9.17, 15) is 20.1 Å². The van der Waals surface area contributed by atoms with Crippen LogP contribution in [0.5, 0.6) is 17.2 Å². The zero-order valence-electron chi connectivity index (χ0n) is 17.5. The van der Waals surface area contributed by atoms with Crippen LogP contribution in [0.4, 0.5) is 0 Å². The van der Waals surface area contributed by atoms with Crippen LogP contribution < -0.4 is 14.8 Å². The zero-order valence-corrected chi connectivity index (χ0v) is 19.2. The van der Waals surface area contributed by atoms with Crippen molar-refractivity contribution in [3.05, 3.63) is 17.2 Å². The van der Waals surface area contributed by atoms with E-state index in [0.717, 1.165) is 43.4 Å². The van der Waals surface area contributed by atoms with Gasteiger partial charge < -0.3 is 29.7 Å². The van der Waals surface area contributed by atoms with Crippen molar-refractivity contribution in [2.75, 3.05) is 27.3 Å². The molecule has 2 bridgehead atoms. The Hall–Kier alpha value is -1.45. The summed E-state index contributed by atoms with van der Waals surface area (Å²) in [4.78, 5) is 13.9. The second-order valence-electron chi connectivity index (χ2n) is 8.89. The molecule has 6 atom stereocenters. The van der Waals surface area contributed by atoms with Gasteiger partial charge in [0.05, 0.1) is 13.7 Å². The monoisotopic (exact) mass is 476 g/mol. The van der Waals surface area contributed by atoms with Crippen molar-refractivity contribution in [3.8, 4) is 17.2 Å². The van der Waals surface area contributed by atoms with Crippen molar-refractivity contribution in [2.24, 2.45) is 5.92 Å². The molecule has 2 fully saturated rings. The largest absolute Gasteiger partial charge is 0.504 e. The smallest absolute Gasteiger partial charge is 0.323 e. The highest BCUT2D eigenvalue weighted by atomic mass is 35.5. The average Bonchev–Trinajstić information content (AvgIpc) is 3.05. The molecule has 4 aliphatic rings. The molecule has 1 aromatic carbocycles. The lowest BCUT2D eigenvalue weighted by Gasteiger charge is -2.59. The Labute approximate surface area is 193 Å². The Kier molecular flexibility index (Phi) is 6.62. The number of methoxy groups -OCH3 is 1. The highest BCUT2D eigenvalue weighted by molar-refractivity contribution is 5.85. The number of phenols is 1. The van der Waals surface area contributed by atoms with E-state index >= 15 is 0 Å². The van der Waals surface area contributed by atoms with Crippen LogP contribution in [0.3, 0.4) is 0 Å². The number of carbonyl (C=O) groups is 1. The predicted octanol–water partition coefficient (Wildman–Crippen LogP) is 1.32. The molecule has 174 valence electrons. The van der Waals surface area contributed by atoms with Gasteiger partial charge in [-0.2, -0.15) is 0 Å². The number of aromatic hydroxyl groups is 1. The number of aliphatic hydroxyl groups excluding tert-OH is 1. The van der Waals surface area contributed by atoms with Gasteiger partial charge in [-0.25, -0.2) is 0 Å². The fourth-order valence-corrected chi connectivity index (χ4v) is 6.60. The van der Waals surface area contributed by atoms with E-state index in [2.05, 4.69) is 17.3 Å². The highest BCUT2D eigenvalue weighted by Crippen LogP contribution is 2.65. The second-order valence-corrected chi connectivity index (χ2v) is 8.89. The standard InChI is InChI=1S/C21H28N2O6.2ClH/c1-23-6-5-21-11-3-4-12(22-13(9-24)20(26)27)19(21)29-18-15(25)8-16(28-2)10(17(18)21)7-14(11)23;;/h8,11-14,19,22,24-25H,3-7,9H2,1-2H3,(H,26,27);2*1H/t11-,12+,13-,14+,19-,21-;;/m0../s1. The van der Waals surface area contributed by atoms with Crippen molar-refractivity contribution in [1.29, 1.82) is 0 Å². The summed E-state index contributed by atoms with van der Waals surface area (Å²) in [6.07, 6.45) is 3.18. The number of piperidine rings is 1. The topological polar surface area (TPSA) is 111 Å². The molecule has 1 saturated heterocycles. The Morgan fingerprint density at radius 2 is 2.16 bits per heavy atom. The number of ether oxygens (including phenoxy) is 2. The van der Waals surface area contributed by atoms with Gasteiger partial charge in [0.2, 0.25) is 0 Å². The fraction of sp³-hybridized carbons (Fsp3) is 0.667. The van der Waals surface area contributed by atoms with Crippen LogP contribution in [0.25, 0.3) is 0 Å². The van der Waals surface area contributed by atoms with Gasteiger partial charge in [0.25, 0.3) is 0 Å². The number of rotatable bonds is 5. The van der Waals surface area contributed by atoms with E-state index in [1.54, 1.807) is 13.2 Å². The maximum absolute atomic E-state index is 11.5. The van der Waals surface area contributed by atoms with Crippen LogP contribution in [0, 0.1) is 5.92 Å². The van der Waals surface area contributed by atoms with E-state index in [4.69, 9.17) is 9.47 Å². The molecule has 10 heteroatoms. The van der Waals surface area contributed by atoms with E-state index in [1.165, 1.54) is 0 Å². The minimum absolute atomic E-state index is 0. The zero-order chi connectivity index (χ0) is 20.5. The molecule has 0 amide bonds. The Balaban J connectivity index is 0.00000136. The number of halogens is 2. The third kappa shape index (κ3) is 3.18. The third-order valence-electron chi connectivity index (χ3n) is 7.80. The third-order valence-corrected chi connectivity index (χ3v) is 7.80. The number of aliphatic hydroxyl groups is 1. The quantitative estimate of drug-likeness (QED) is 0.503. The lowest BCUT2D eigenvalue weighted by molar-refractivity contribution is -0.141. The average molecular weight is 477 g/mol. The molecule has 0 aromatic heterocycles. The molecule has 1 saturated carbocycles. The Morgan fingerprint density at radius 3 is 2.81 bits per heavy atom. The van der Waals surface area contributed by atoms with E-state index in [-0.39, 0.29) is 48.1 Å². The van der Waals surface area contributed by atoms with Crippen molar-refractivity contribution >= 4 is 30.8 Å². The molecule has 0 radical (unpaired) electrons. The van der Waals surface area contributed by atoms with Crippen molar-refractivity contribution in [3.63, 3.8) is 0 Å². The SMILES string of the molecule is COc1cc(O)c2c3c1C[C@@H]1[C@@H]4CC[C@@H](N[C@@H](CO)C(=O)O)[C@H](O2)[C@]34CCN1C.Cl.Cl. The fourth-order valence-electron chi connectivity index (χ4n) is 6.60. The summed E-state index contributed by atoms with van der Waals surface area (Å²) in [6.45, 7) is 0.449. The van der Waals surface area contributed by atoms with Gasteiger partial charge in [-0.05, 0) is 45.2 Å². The summed E-state index contributed by atoms with van der Waals surface area (Å²) in [5.41, 5.74) is 1.89. The molecule has 31 heavy (non-hydrogen) atoms. The van der Waals surface area contributed by atoms with Gasteiger partial charge in [-0.3, -0.25) is 10.1 Å². The molecular formula is C21H30Cl2N2O6. The molecule has 2 heterocycles. The van der Waals surface area contributed by atoms with Gasteiger partial charge >= 0.3 is 5.97 Å². The first-order valence-electron chi connectivity index (χ1n) is 10.3. The maximum atomic E-state index is 11.5. The first-order valence-corrected chi connectivity index (χ1v) is 10.3. The second kappa shape index (κ2) is 8.48. The van der Waals surface area contributed by atoms with Crippen LogP contribution in [-0.4, -0.2) is 77.7 Å². The number of nitrogens with zero attached hydrogens (tertiary/aromatic N) is 1. The molecule has 0 unspecified atom stereocenters. The predicted molar refractivity (Wildman–Crippen MR) is 118 cm³/mol. The molecular weight excluding hydrogens is 447 g/mol. The van der Waals surface area contributed by atoms with Gasteiger partial charge in [0.1, 0.15) is 17.9 Å². The lowest BCUT2D eigenvalue weighted by Crippen LogP contribution is -2.69. The summed E-state index contributed by atoms with van der Waals surface area (Å²) in [6, 6.07) is 0.746. The maximum Gasteiger partial charge on any atom is 0.323 e. The first-order chi connectivity index (χ1) is 13.9. The molecule has 5 rings (SSSR count). The van der Waals surface area contributed by atoms with Gasteiger partial charge in [-0.15, -0.1) is 24.8 Å². The summed E-state index contributed by atoms with van der Waals surface area (Å²) in [5.74, 6) is 0.608. The molecule has 8 nitrogen and oxygen atoms in total. The number of carboxylic acids is 1. The first kappa shape index (κ1) is 24.2. The van der Waals surface area contributed by atoms with Crippen molar-refractivity contribution in [2.45, 2.75) is 55.3 Å². The number of carboxylic acid groups (broad SMARTS) is 1. The minimum atomic E-state index is -1.07. The van der Waals surface area contributed by atoms with E-state index in [1.807, 2.05) is 0 Å². The van der Waals surface area contributed by atoms with Crippen LogP contribution in [0.15, 0.2) is 6.07 Å². The Morgan fingerprint density at radius 1 is 1.42 bits per heavy atom. The number of nitrogens with one attached hydrogen (secondary N) is 1. The molecule has 2 aliphatic heterocycles. The van der Waals surface area contributed by atoms with Crippen molar-refractivity contribution < 1.29 is 29.6 Å². The number of hydrogen-bond donors (Lipinski definition) is 4. The molecule has 4 N–H and O–H groups in total. The van der Waals surface area contributed by atoms with Crippen LogP contribution in [-0.2, 0) is 16.6 Å². The Bertz CT molecular complexity index is 871. The number of likely N-dealkylation sites (tertiary alicyclic amines) is 1. The molecule has 1 aromatic rings. The number of aliphatic carboxylic acids is 1. The number of likely N-dealkylation sites (N-methyl/N-ethyl adjacent to an activating group) is 1. The number of hydrogen-bond acceptors (Lipinski definition) is 7. The van der Waals surface area contributed by atoms with Gasteiger partial charge in [0.15, 0.2) is 11.5 Å². The van der Waals surface area contributed by atoms with Gasteiger partial charge in [-0.1, -0.05) is 0 Å². The molecule has 2 aliphatic carbocycles. The van der Waals surface area contributed by atoms with Gasteiger partial charge in [0, 0.05) is 34.7 Å². The number of phenolic OH excluding ortho intramolecular Hbond substituents is 1. The lowest BCUT2D eigenvalue weighted by atomic mass is 9.51. The summed E-state index contributed by atoms with van der Waals surface area (Å²) in [5, 5.41) is 32.8. The summed E-state index contributed by atoms with van der Waals surface area (Å²) in [7, 11) is 3.79.